The lowest BCUT2D eigenvalue weighted by atomic mass is 9.33. The lowest BCUT2D eigenvalue weighted by Crippen LogP contribution is -2.63. The van der Waals surface area contributed by atoms with Gasteiger partial charge in [-0.1, -0.05) is 359 Å². The van der Waals surface area contributed by atoms with Crippen molar-refractivity contribution in [3.63, 3.8) is 0 Å². The Balaban J connectivity index is 0.954. The molecule has 1 aromatic heterocycles. The first-order valence-electron chi connectivity index (χ1n) is 33.4. The molecule has 452 valence electrons. The Bertz CT molecular complexity index is 5110. The second-order valence-electron chi connectivity index (χ2n) is 26.7. The van der Waals surface area contributed by atoms with Gasteiger partial charge in [-0.3, -0.25) is 0 Å². The van der Waals surface area contributed by atoms with E-state index in [4.69, 9.17) is 0 Å². The molecule has 0 saturated carbocycles. The second kappa shape index (κ2) is 24.3. The maximum absolute atomic E-state index is 2.64. The van der Waals surface area contributed by atoms with Crippen LogP contribution in [0.15, 0.2) is 352 Å². The van der Waals surface area contributed by atoms with Crippen molar-refractivity contribution in [1.29, 1.82) is 0 Å². The molecular weight excluding hydrogens is 1190 g/mol. The van der Waals surface area contributed by atoms with Crippen LogP contribution in [0.3, 0.4) is 0 Å². The van der Waals surface area contributed by atoms with Crippen molar-refractivity contribution in [2.75, 3.05) is 9.80 Å². The average Bonchev–Trinajstić information content (AvgIpc) is 1.18. The van der Waals surface area contributed by atoms with Gasteiger partial charge in [0.15, 0.2) is 0 Å². The first kappa shape index (κ1) is 58.0. The van der Waals surface area contributed by atoms with Crippen LogP contribution in [0.2, 0.25) is 0 Å². The molecule has 0 aliphatic carbocycles. The van der Waals surface area contributed by atoms with Gasteiger partial charge in [0.2, 0.25) is 0 Å². The minimum absolute atomic E-state index is 0.0240. The summed E-state index contributed by atoms with van der Waals surface area (Å²) in [5, 5.41) is 15.1. The van der Waals surface area contributed by atoms with Gasteiger partial charge < -0.3 is 14.4 Å². The molecule has 0 fully saturated rings. The maximum atomic E-state index is 2.64. The Morgan fingerprint density at radius 3 is 1.04 bits per heavy atom. The van der Waals surface area contributed by atoms with Gasteiger partial charge in [-0.15, -0.1) is 0 Å². The fourth-order valence-corrected chi connectivity index (χ4v) is 24.5. The van der Waals surface area contributed by atoms with E-state index in [0.717, 1.165) is 17.1 Å². The van der Waals surface area contributed by atoms with E-state index in [1.807, 2.05) is 0 Å². The molecule has 95 heavy (non-hydrogen) atoms. The number of anilines is 6. The van der Waals surface area contributed by atoms with Crippen molar-refractivity contribution in [2.24, 2.45) is 0 Å². The monoisotopic (exact) mass is 1260 g/mol. The van der Waals surface area contributed by atoms with Crippen LogP contribution in [0.25, 0.3) is 38.6 Å². The molecule has 15 aromatic rings. The largest absolute Gasteiger partial charge is 0.311 e. The summed E-state index contributed by atoms with van der Waals surface area (Å²) in [7, 11) is -5.80. The summed E-state index contributed by atoms with van der Waals surface area (Å²) in [4.78, 5) is 5.27. The fraction of sp³-hybridized carbons (Fsp3) is 0.0455. The number of aromatic nitrogens is 1. The highest BCUT2D eigenvalue weighted by molar-refractivity contribution is 7.01. The van der Waals surface area contributed by atoms with Crippen LogP contribution in [-0.4, -0.2) is 37.7 Å². The molecule has 0 N–H and O–H groups in total. The topological polar surface area (TPSA) is 11.4 Å². The predicted octanol–water partition coefficient (Wildman–Crippen LogP) is 12.6. The van der Waals surface area contributed by atoms with Crippen LogP contribution in [0.4, 0.5) is 34.1 Å². The SMILES string of the molecule is CC(C)(C)c1ccc(-c2ccc3c(c2)N(c2ccc([SiH](c4ccccc4)c4ccccc4)cc2)c2cc(-n4c5ccccc5c5ccccc54)cc4c2B3c2cc([SiH](c3ccccc3)c3ccccc3)ccc2N4c2ccc([SiH](c3ccccc3)c3ccccc3)cc2)cc1. The number of hydrogen-bond donors (Lipinski definition) is 0. The first-order chi connectivity index (χ1) is 46.8. The molecule has 3 nitrogen and oxygen atoms in total. The molecule has 0 saturated heterocycles. The summed E-state index contributed by atoms with van der Waals surface area (Å²) in [5.41, 5.74) is 18.1. The van der Waals surface area contributed by atoms with Gasteiger partial charge in [0.1, 0.15) is 26.4 Å². The summed E-state index contributed by atoms with van der Waals surface area (Å²) in [6, 6.07) is 134. The molecule has 7 heteroatoms. The number of benzene rings is 14. The van der Waals surface area contributed by atoms with Crippen molar-refractivity contribution in [1.82, 2.24) is 4.57 Å². The van der Waals surface area contributed by atoms with Crippen LogP contribution in [0.5, 0.6) is 0 Å². The maximum Gasteiger partial charge on any atom is 0.252 e. The minimum atomic E-state index is -2.04. The standard InChI is InChI=1S/C88H70BN3Si3/c1-88(2,3)64-45-42-62(43-46-64)63-44-56-79-84(58-63)91(66-49-53-75(54-50-66)94(70-30-14-6-15-31-70)71-32-16-7-17-33-71)86-60-67(92-81-40-24-22-38-77(81)78-39-23-25-41-82(78)92)59-85-87(86)89(79)80-61-76(95(72-34-18-8-19-35-72)73-36-20-9-21-37-73)55-57-83(80)90(85)65-47-51-74(52-48-65)93(68-26-10-4-11-27-68)69-28-12-5-13-29-69/h4-61,93-95H,1-3H3. The third kappa shape index (κ3) is 10.4. The third-order valence-electron chi connectivity index (χ3n) is 20.1. The number of nitrogens with zero attached hydrogens (tertiary/aromatic N) is 3. The Morgan fingerprint density at radius 2 is 0.621 bits per heavy atom. The first-order valence-corrected chi connectivity index (χ1v) is 38.6. The van der Waals surface area contributed by atoms with E-state index in [9.17, 15) is 0 Å². The van der Waals surface area contributed by atoms with Gasteiger partial charge in [-0.2, -0.15) is 0 Å². The number of rotatable bonds is 13. The minimum Gasteiger partial charge on any atom is -0.311 e. The zero-order valence-corrected chi connectivity index (χ0v) is 57.1. The predicted molar refractivity (Wildman–Crippen MR) is 416 cm³/mol. The van der Waals surface area contributed by atoms with E-state index in [1.54, 1.807) is 0 Å². The molecule has 2 aliphatic rings. The number of para-hydroxylation sites is 2. The molecule has 14 aromatic carbocycles. The van der Waals surface area contributed by atoms with Crippen LogP contribution in [-0.2, 0) is 5.41 Å². The van der Waals surface area contributed by atoms with Crippen molar-refractivity contribution < 1.29 is 0 Å². The van der Waals surface area contributed by atoms with E-state index >= 15 is 0 Å². The van der Waals surface area contributed by atoms with Crippen LogP contribution in [0, 0.1) is 0 Å². The number of hydrogen-bond acceptors (Lipinski definition) is 2. The van der Waals surface area contributed by atoms with Crippen LogP contribution in [0.1, 0.15) is 26.3 Å². The fourth-order valence-electron chi connectivity index (χ4n) is 15.6. The molecule has 0 radical (unpaired) electrons. The Morgan fingerprint density at radius 1 is 0.263 bits per heavy atom. The van der Waals surface area contributed by atoms with Crippen LogP contribution < -0.4 is 72.9 Å². The Kier molecular flexibility index (Phi) is 14.8. The summed E-state index contributed by atoms with van der Waals surface area (Å²) in [6.07, 6.45) is 0. The Hall–Kier alpha value is -10.8. The molecule has 0 spiro atoms. The number of fused-ring (bicyclic) bond motifs is 7. The van der Waals surface area contributed by atoms with Gasteiger partial charge in [0.25, 0.3) is 6.71 Å². The molecule has 0 bridgehead atoms. The zero-order chi connectivity index (χ0) is 63.6. The van der Waals surface area contributed by atoms with E-state index in [2.05, 4.69) is 387 Å². The van der Waals surface area contributed by atoms with Gasteiger partial charge >= 0.3 is 0 Å². The highest BCUT2D eigenvalue weighted by atomic mass is 28.3. The molecule has 0 amide bonds. The lowest BCUT2D eigenvalue weighted by molar-refractivity contribution is 0.590. The molecular formula is C88H70BN3Si3. The van der Waals surface area contributed by atoms with Gasteiger partial charge in [-0.05, 0) is 99.2 Å². The quantitative estimate of drug-likeness (QED) is 0.0842. The van der Waals surface area contributed by atoms with Gasteiger partial charge in [0.05, 0.1) is 16.7 Å². The van der Waals surface area contributed by atoms with E-state index < -0.39 is 26.4 Å². The second-order valence-corrected chi connectivity index (χ2v) is 35.3. The van der Waals surface area contributed by atoms with E-state index in [-0.39, 0.29) is 12.1 Å². The molecule has 17 rings (SSSR count). The average molecular weight is 1260 g/mol. The smallest absolute Gasteiger partial charge is 0.252 e. The highest BCUT2D eigenvalue weighted by Crippen LogP contribution is 2.47. The van der Waals surface area contributed by atoms with Gasteiger partial charge in [-0.25, -0.2) is 0 Å². The Labute approximate surface area is 563 Å². The van der Waals surface area contributed by atoms with Crippen molar-refractivity contribution in [2.45, 2.75) is 26.2 Å². The molecule has 3 heterocycles. The lowest BCUT2D eigenvalue weighted by Gasteiger charge is -2.45. The van der Waals surface area contributed by atoms with Crippen molar-refractivity contribution in [3.8, 4) is 16.8 Å². The van der Waals surface area contributed by atoms with Crippen molar-refractivity contribution in [3.05, 3.63) is 357 Å². The molecule has 2 aliphatic heterocycles. The summed E-state index contributed by atoms with van der Waals surface area (Å²) in [5.74, 6) is 0. The summed E-state index contributed by atoms with van der Waals surface area (Å²) < 4.78 is 2.53. The summed E-state index contributed by atoms with van der Waals surface area (Å²) >= 11 is 0. The van der Waals surface area contributed by atoms with E-state index in [1.165, 1.54) is 124 Å². The molecule has 0 atom stereocenters. The van der Waals surface area contributed by atoms with Gasteiger partial charge in [0, 0.05) is 44.9 Å². The highest BCUT2D eigenvalue weighted by Gasteiger charge is 2.45. The normalized spacial score (nSPS) is 12.6. The van der Waals surface area contributed by atoms with Crippen LogP contribution >= 0.6 is 0 Å². The van der Waals surface area contributed by atoms with E-state index in [0.29, 0.717) is 0 Å². The molecule has 0 unspecified atom stereocenters. The zero-order valence-electron chi connectivity index (χ0n) is 53.6. The van der Waals surface area contributed by atoms with Crippen molar-refractivity contribution >= 4 is 152 Å². The third-order valence-corrected chi connectivity index (χ3v) is 29.5. The summed E-state index contributed by atoms with van der Waals surface area (Å²) in [6.45, 7) is 6.77.